The Morgan fingerprint density at radius 1 is 1.14 bits per heavy atom. The van der Waals surface area contributed by atoms with Crippen LogP contribution in [0.2, 0.25) is 5.02 Å². The van der Waals surface area contributed by atoms with Crippen LogP contribution in [0.1, 0.15) is 5.56 Å². The zero-order valence-corrected chi connectivity index (χ0v) is 11.9. The summed E-state index contributed by atoms with van der Waals surface area (Å²) in [7, 11) is 0. The number of esters is 1. The number of hydrogen-bond acceptors (Lipinski definition) is 4. The van der Waals surface area contributed by atoms with Crippen LogP contribution in [-0.2, 0) is 16.1 Å². The molecule has 0 N–H and O–H groups in total. The SMILES string of the molecule is O=C(OCc1ccccc1Cl)[C@H]1COc2ccccc2O1. The molecule has 108 valence electrons. The van der Waals surface area contributed by atoms with E-state index in [-0.39, 0.29) is 13.2 Å². The Balaban J connectivity index is 1.61. The van der Waals surface area contributed by atoms with Gasteiger partial charge in [-0.3, -0.25) is 0 Å². The van der Waals surface area contributed by atoms with Crippen LogP contribution in [0.4, 0.5) is 0 Å². The van der Waals surface area contributed by atoms with E-state index in [0.29, 0.717) is 16.5 Å². The number of carbonyl (C=O) groups is 1. The van der Waals surface area contributed by atoms with Gasteiger partial charge in [-0.1, -0.05) is 41.9 Å². The number of benzene rings is 2. The van der Waals surface area contributed by atoms with Gasteiger partial charge in [0.25, 0.3) is 0 Å². The summed E-state index contributed by atoms with van der Waals surface area (Å²) in [6, 6.07) is 14.4. The maximum Gasteiger partial charge on any atom is 0.351 e. The first-order valence-electron chi connectivity index (χ1n) is 6.52. The second kappa shape index (κ2) is 6.06. The number of halogens is 1. The fourth-order valence-electron chi connectivity index (χ4n) is 1.99. The molecule has 0 bridgehead atoms. The molecule has 0 amide bonds. The summed E-state index contributed by atoms with van der Waals surface area (Å²) in [5.74, 6) is 0.709. The minimum Gasteiger partial charge on any atom is -0.485 e. The second-order valence-corrected chi connectivity index (χ2v) is 4.97. The number of hydrogen-bond donors (Lipinski definition) is 0. The molecule has 1 aliphatic rings. The van der Waals surface area contributed by atoms with Gasteiger partial charge in [-0.15, -0.1) is 0 Å². The number of rotatable bonds is 3. The maximum absolute atomic E-state index is 12.0. The molecule has 1 heterocycles. The van der Waals surface area contributed by atoms with Gasteiger partial charge in [0.1, 0.15) is 13.2 Å². The first kappa shape index (κ1) is 13.8. The van der Waals surface area contributed by atoms with Crippen molar-refractivity contribution in [2.75, 3.05) is 6.61 Å². The lowest BCUT2D eigenvalue weighted by molar-refractivity contribution is -0.155. The van der Waals surface area contributed by atoms with Gasteiger partial charge in [0.2, 0.25) is 6.10 Å². The lowest BCUT2D eigenvalue weighted by Gasteiger charge is -2.24. The molecule has 4 nitrogen and oxygen atoms in total. The van der Waals surface area contributed by atoms with Crippen LogP contribution < -0.4 is 9.47 Å². The first-order chi connectivity index (χ1) is 10.2. The number of para-hydroxylation sites is 2. The molecule has 0 spiro atoms. The highest BCUT2D eigenvalue weighted by atomic mass is 35.5. The largest absolute Gasteiger partial charge is 0.485 e. The molecule has 0 aromatic heterocycles. The normalized spacial score (nSPS) is 16.3. The molecular weight excluding hydrogens is 292 g/mol. The number of fused-ring (bicyclic) bond motifs is 1. The van der Waals surface area contributed by atoms with Crippen LogP contribution in [0.5, 0.6) is 11.5 Å². The molecule has 0 saturated heterocycles. The van der Waals surface area contributed by atoms with Crippen LogP contribution >= 0.6 is 11.6 Å². The smallest absolute Gasteiger partial charge is 0.351 e. The van der Waals surface area contributed by atoms with E-state index in [9.17, 15) is 4.79 Å². The predicted octanol–water partition coefficient (Wildman–Crippen LogP) is 3.22. The van der Waals surface area contributed by atoms with Gasteiger partial charge >= 0.3 is 5.97 Å². The third-order valence-electron chi connectivity index (χ3n) is 3.10. The van der Waals surface area contributed by atoms with Crippen molar-refractivity contribution in [3.8, 4) is 11.5 Å². The fourth-order valence-corrected chi connectivity index (χ4v) is 2.18. The summed E-state index contributed by atoms with van der Waals surface area (Å²) in [6.07, 6.45) is -0.762. The van der Waals surface area contributed by atoms with Crippen molar-refractivity contribution in [1.29, 1.82) is 0 Å². The lowest BCUT2D eigenvalue weighted by Crippen LogP contribution is -2.37. The minimum absolute atomic E-state index is 0.111. The molecule has 1 atom stereocenters. The van der Waals surface area contributed by atoms with E-state index < -0.39 is 12.1 Å². The van der Waals surface area contributed by atoms with E-state index in [1.165, 1.54) is 0 Å². The van der Waals surface area contributed by atoms with Crippen molar-refractivity contribution >= 4 is 17.6 Å². The molecule has 21 heavy (non-hydrogen) atoms. The van der Waals surface area contributed by atoms with Crippen LogP contribution in [0.3, 0.4) is 0 Å². The van der Waals surface area contributed by atoms with E-state index in [1.807, 2.05) is 30.3 Å². The first-order valence-corrected chi connectivity index (χ1v) is 6.90. The van der Waals surface area contributed by atoms with Gasteiger partial charge in [-0.2, -0.15) is 0 Å². The minimum atomic E-state index is -0.762. The predicted molar refractivity (Wildman–Crippen MR) is 77.6 cm³/mol. The van der Waals surface area contributed by atoms with Crippen LogP contribution in [-0.4, -0.2) is 18.7 Å². The highest BCUT2D eigenvalue weighted by Crippen LogP contribution is 2.31. The number of carbonyl (C=O) groups excluding carboxylic acids is 1. The number of ether oxygens (including phenoxy) is 3. The molecule has 0 fully saturated rings. The molecule has 0 unspecified atom stereocenters. The van der Waals surface area contributed by atoms with Crippen molar-refractivity contribution in [1.82, 2.24) is 0 Å². The van der Waals surface area contributed by atoms with Crippen molar-refractivity contribution in [2.24, 2.45) is 0 Å². The third-order valence-corrected chi connectivity index (χ3v) is 3.47. The average Bonchev–Trinajstić information content (AvgIpc) is 2.53. The molecule has 2 aromatic rings. The second-order valence-electron chi connectivity index (χ2n) is 4.56. The summed E-state index contributed by atoms with van der Waals surface area (Å²) in [6.45, 7) is 0.248. The Hall–Kier alpha value is -2.20. The third kappa shape index (κ3) is 3.11. The van der Waals surface area contributed by atoms with Crippen LogP contribution in [0.15, 0.2) is 48.5 Å². The average molecular weight is 305 g/mol. The summed E-state index contributed by atoms with van der Waals surface area (Å²) in [5.41, 5.74) is 0.754. The molecule has 2 aromatic carbocycles. The lowest BCUT2D eigenvalue weighted by atomic mass is 10.2. The van der Waals surface area contributed by atoms with E-state index in [4.69, 9.17) is 25.8 Å². The Labute approximate surface area is 127 Å². The Morgan fingerprint density at radius 2 is 1.86 bits per heavy atom. The molecular formula is C16H13ClO4. The van der Waals surface area contributed by atoms with Gasteiger partial charge in [-0.05, 0) is 18.2 Å². The zero-order valence-electron chi connectivity index (χ0n) is 11.1. The standard InChI is InChI=1S/C16H13ClO4/c17-12-6-2-1-5-11(12)9-20-16(18)15-10-19-13-7-3-4-8-14(13)21-15/h1-8,15H,9-10H2/t15-/m1/s1. The van der Waals surface area contributed by atoms with Gasteiger partial charge in [0, 0.05) is 10.6 Å². The summed E-state index contributed by atoms with van der Waals surface area (Å²) in [4.78, 5) is 12.0. The Morgan fingerprint density at radius 3 is 2.67 bits per heavy atom. The molecule has 5 heteroatoms. The quantitative estimate of drug-likeness (QED) is 0.817. The van der Waals surface area contributed by atoms with Gasteiger partial charge in [-0.25, -0.2) is 4.79 Å². The molecule has 1 aliphatic heterocycles. The van der Waals surface area contributed by atoms with Gasteiger partial charge < -0.3 is 14.2 Å². The van der Waals surface area contributed by atoms with Crippen molar-refractivity contribution in [3.63, 3.8) is 0 Å². The van der Waals surface area contributed by atoms with Crippen LogP contribution in [0.25, 0.3) is 0 Å². The van der Waals surface area contributed by atoms with E-state index >= 15 is 0 Å². The molecule has 0 radical (unpaired) electrons. The monoisotopic (exact) mass is 304 g/mol. The highest BCUT2D eigenvalue weighted by Gasteiger charge is 2.28. The van der Waals surface area contributed by atoms with Gasteiger partial charge in [0.05, 0.1) is 0 Å². The van der Waals surface area contributed by atoms with E-state index in [0.717, 1.165) is 5.56 Å². The van der Waals surface area contributed by atoms with Crippen molar-refractivity contribution in [2.45, 2.75) is 12.7 Å². The summed E-state index contributed by atoms with van der Waals surface area (Å²) in [5, 5.41) is 0.566. The Kier molecular flexibility index (Phi) is 3.97. The topological polar surface area (TPSA) is 44.8 Å². The molecule has 0 aliphatic carbocycles. The molecule has 3 rings (SSSR count). The zero-order chi connectivity index (χ0) is 14.7. The van der Waals surface area contributed by atoms with E-state index in [1.54, 1.807) is 18.2 Å². The summed E-state index contributed by atoms with van der Waals surface area (Å²) < 4.78 is 16.3. The summed E-state index contributed by atoms with van der Waals surface area (Å²) >= 11 is 6.01. The van der Waals surface area contributed by atoms with Crippen molar-refractivity contribution in [3.05, 3.63) is 59.1 Å². The van der Waals surface area contributed by atoms with Crippen LogP contribution in [0, 0.1) is 0 Å². The van der Waals surface area contributed by atoms with E-state index in [2.05, 4.69) is 0 Å². The Bertz CT molecular complexity index is 656. The van der Waals surface area contributed by atoms with Gasteiger partial charge in [0.15, 0.2) is 11.5 Å². The maximum atomic E-state index is 12.0. The van der Waals surface area contributed by atoms with Crippen molar-refractivity contribution < 1.29 is 19.0 Å². The highest BCUT2D eigenvalue weighted by molar-refractivity contribution is 6.31. The molecule has 0 saturated carbocycles. The fraction of sp³-hybridized carbons (Fsp3) is 0.188.